The number of methoxy groups -OCH3 is 1. The molecule has 3 aromatic rings. The molecule has 0 aliphatic heterocycles. The summed E-state index contributed by atoms with van der Waals surface area (Å²) < 4.78 is 17.0. The first-order valence-corrected chi connectivity index (χ1v) is 14.5. The molecule has 3 rings (SSSR count). The van der Waals surface area contributed by atoms with E-state index in [4.69, 9.17) is 13.6 Å². The van der Waals surface area contributed by atoms with Crippen LogP contribution in [-0.4, -0.2) is 40.0 Å². The van der Waals surface area contributed by atoms with Gasteiger partial charge in [-0.2, -0.15) is 0 Å². The van der Waals surface area contributed by atoms with Gasteiger partial charge in [0.2, 0.25) is 0 Å². The number of fused-ring (bicyclic) bond motifs is 1. The van der Waals surface area contributed by atoms with Gasteiger partial charge in [-0.1, -0.05) is 51.1 Å². The van der Waals surface area contributed by atoms with Gasteiger partial charge in [-0.15, -0.1) is 0 Å². The van der Waals surface area contributed by atoms with Gasteiger partial charge < -0.3 is 18.9 Å². The molecule has 0 saturated carbocycles. The molecule has 1 heterocycles. The van der Waals surface area contributed by atoms with Crippen molar-refractivity contribution in [3.05, 3.63) is 60.2 Å². The van der Waals surface area contributed by atoms with Gasteiger partial charge in [-0.25, -0.2) is 0 Å². The molecule has 0 unspecified atom stereocenters. The highest BCUT2D eigenvalue weighted by Crippen LogP contribution is 2.36. The maximum Gasteiger partial charge on any atom is 0.305 e. The minimum Gasteiger partial charge on any atom is -0.469 e. The monoisotopic (exact) mass is 481 g/mol. The smallest absolute Gasteiger partial charge is 0.305 e. The molecule has 0 fully saturated rings. The fraction of sp³-hybridized carbons (Fsp3) is 0.407. The van der Waals surface area contributed by atoms with E-state index in [2.05, 4.69) is 39.2 Å². The number of hydrogen-bond acceptors (Lipinski definition) is 5. The minimum atomic E-state index is -2.00. The molecule has 2 aromatic carbocycles. The maximum absolute atomic E-state index is 13.0. The van der Waals surface area contributed by atoms with Gasteiger partial charge in [0.05, 0.1) is 19.8 Å². The Balaban J connectivity index is 1.69. The molecule has 6 nitrogen and oxygen atoms in total. The molecule has 1 aromatic heterocycles. The van der Waals surface area contributed by atoms with E-state index in [1.54, 1.807) is 12.1 Å². The average Bonchev–Trinajstić information content (AvgIpc) is 3.24. The van der Waals surface area contributed by atoms with Crippen LogP contribution in [0.2, 0.25) is 18.1 Å². The number of amides is 1. The second-order valence-corrected chi connectivity index (χ2v) is 14.9. The van der Waals surface area contributed by atoms with Crippen molar-refractivity contribution in [3.8, 4) is 11.3 Å². The van der Waals surface area contributed by atoms with Crippen LogP contribution in [0.3, 0.4) is 0 Å². The predicted molar refractivity (Wildman–Crippen MR) is 137 cm³/mol. The van der Waals surface area contributed by atoms with Crippen molar-refractivity contribution in [2.24, 2.45) is 0 Å². The van der Waals surface area contributed by atoms with Crippen LogP contribution >= 0.6 is 0 Å². The van der Waals surface area contributed by atoms with Gasteiger partial charge in [-0.05, 0) is 48.8 Å². The molecule has 182 valence electrons. The third-order valence-corrected chi connectivity index (χ3v) is 11.1. The van der Waals surface area contributed by atoms with E-state index in [9.17, 15) is 9.59 Å². The number of benzene rings is 2. The Morgan fingerprint density at radius 3 is 2.35 bits per heavy atom. The number of carbonyl (C=O) groups is 2. The summed E-state index contributed by atoms with van der Waals surface area (Å²) in [5.41, 5.74) is 2.26. The van der Waals surface area contributed by atoms with Gasteiger partial charge in [0.1, 0.15) is 11.3 Å². The van der Waals surface area contributed by atoms with Crippen molar-refractivity contribution in [3.63, 3.8) is 0 Å². The quantitative estimate of drug-likeness (QED) is 0.292. The van der Waals surface area contributed by atoms with E-state index in [0.717, 1.165) is 22.3 Å². The van der Waals surface area contributed by atoms with Crippen molar-refractivity contribution >= 4 is 31.2 Å². The Labute approximate surface area is 202 Å². The molecule has 1 N–H and O–H groups in total. The highest BCUT2D eigenvalue weighted by atomic mass is 28.4. The van der Waals surface area contributed by atoms with Crippen molar-refractivity contribution in [2.75, 3.05) is 13.7 Å². The van der Waals surface area contributed by atoms with Crippen molar-refractivity contribution in [2.45, 2.75) is 57.8 Å². The second kappa shape index (κ2) is 10.6. The van der Waals surface area contributed by atoms with Crippen molar-refractivity contribution in [1.82, 2.24) is 5.32 Å². The van der Waals surface area contributed by atoms with Gasteiger partial charge in [0.15, 0.2) is 8.32 Å². The van der Waals surface area contributed by atoms with Crippen LogP contribution in [0.1, 0.15) is 44.0 Å². The van der Waals surface area contributed by atoms with Crippen LogP contribution in [-0.2, 0) is 14.0 Å². The number of rotatable bonds is 9. The largest absolute Gasteiger partial charge is 0.469 e. The number of carbonyl (C=O) groups excluding carboxylic acids is 2. The molecule has 7 heteroatoms. The number of para-hydroxylation sites is 1. The van der Waals surface area contributed by atoms with Crippen LogP contribution < -0.4 is 5.32 Å². The minimum absolute atomic E-state index is 0.0520. The molecule has 34 heavy (non-hydrogen) atoms. The van der Waals surface area contributed by atoms with Crippen LogP contribution in [0.4, 0.5) is 0 Å². The first kappa shape index (κ1) is 25.7. The molecule has 0 aliphatic rings. The summed E-state index contributed by atoms with van der Waals surface area (Å²) in [6.45, 7) is 11.2. The van der Waals surface area contributed by atoms with E-state index in [-0.39, 0.29) is 29.4 Å². The highest BCUT2D eigenvalue weighted by Gasteiger charge is 2.37. The van der Waals surface area contributed by atoms with Crippen LogP contribution in [0.15, 0.2) is 59.0 Å². The summed E-state index contributed by atoms with van der Waals surface area (Å²) in [4.78, 5) is 24.7. The summed E-state index contributed by atoms with van der Waals surface area (Å²) in [6, 6.07) is 16.9. The van der Waals surface area contributed by atoms with Gasteiger partial charge in [0, 0.05) is 22.9 Å². The number of furan rings is 1. The van der Waals surface area contributed by atoms with Crippen LogP contribution in [0.25, 0.3) is 22.3 Å². The van der Waals surface area contributed by atoms with Gasteiger partial charge in [-0.3, -0.25) is 9.59 Å². The average molecular weight is 482 g/mol. The Morgan fingerprint density at radius 1 is 1.06 bits per heavy atom. The number of ether oxygens (including phenoxy) is 1. The predicted octanol–water partition coefficient (Wildman–Crippen LogP) is 6.17. The van der Waals surface area contributed by atoms with E-state index in [0.29, 0.717) is 18.6 Å². The zero-order valence-electron chi connectivity index (χ0n) is 20.9. The summed E-state index contributed by atoms with van der Waals surface area (Å²) in [5.74, 6) is 0.249. The van der Waals surface area contributed by atoms with E-state index >= 15 is 0 Å². The van der Waals surface area contributed by atoms with Crippen molar-refractivity contribution < 1.29 is 23.2 Å². The molecule has 0 aliphatic carbocycles. The molecule has 0 spiro atoms. The molecular formula is C27H35NO5Si. The molecule has 1 amide bonds. The highest BCUT2D eigenvalue weighted by molar-refractivity contribution is 6.74. The lowest BCUT2D eigenvalue weighted by atomic mass is 10.1. The molecule has 0 bridgehead atoms. The lowest BCUT2D eigenvalue weighted by Gasteiger charge is -2.37. The summed E-state index contributed by atoms with van der Waals surface area (Å²) in [5, 5.41) is 4.13. The Hall–Kier alpha value is -2.90. The summed E-state index contributed by atoms with van der Waals surface area (Å²) in [7, 11) is -0.633. The molecular weight excluding hydrogens is 446 g/mol. The van der Waals surface area contributed by atoms with Gasteiger partial charge >= 0.3 is 5.97 Å². The third-order valence-electron chi connectivity index (χ3n) is 6.57. The Morgan fingerprint density at radius 2 is 1.74 bits per heavy atom. The second-order valence-electron chi connectivity index (χ2n) is 10.1. The molecule has 1 atom stereocenters. The lowest BCUT2D eigenvalue weighted by Crippen LogP contribution is -2.46. The number of hydrogen-bond donors (Lipinski definition) is 1. The first-order chi connectivity index (χ1) is 16.0. The van der Waals surface area contributed by atoms with Crippen LogP contribution in [0.5, 0.6) is 0 Å². The van der Waals surface area contributed by atoms with Crippen LogP contribution in [0, 0.1) is 0 Å². The number of nitrogens with one attached hydrogen (secondary N) is 1. The Bertz CT molecular complexity index is 1090. The standard InChI is InChI=1S/C27H35NO5Si/c1-27(2,3)34(5,6)32-18-22(15-16-25(29)31-4)28-26(30)20-13-11-19(12-14-20)24-17-21-9-7-8-10-23(21)33-24/h7-14,17,22H,15-16,18H2,1-6H3,(H,28,30)/t22-/m0/s1. The maximum atomic E-state index is 13.0. The normalized spacial score (nSPS) is 13.0. The van der Waals surface area contributed by atoms with E-state index in [1.165, 1.54) is 7.11 Å². The van der Waals surface area contributed by atoms with Crippen molar-refractivity contribution in [1.29, 1.82) is 0 Å². The topological polar surface area (TPSA) is 77.8 Å². The zero-order chi connectivity index (χ0) is 24.9. The molecule has 0 radical (unpaired) electrons. The fourth-order valence-corrected chi connectivity index (χ4v) is 4.35. The first-order valence-electron chi connectivity index (χ1n) is 11.6. The van der Waals surface area contributed by atoms with Gasteiger partial charge in [0.25, 0.3) is 5.91 Å². The van der Waals surface area contributed by atoms with E-state index in [1.807, 2.05) is 42.5 Å². The third kappa shape index (κ3) is 6.36. The summed E-state index contributed by atoms with van der Waals surface area (Å²) >= 11 is 0. The summed E-state index contributed by atoms with van der Waals surface area (Å²) in [6.07, 6.45) is 0.664. The zero-order valence-corrected chi connectivity index (χ0v) is 21.9. The van der Waals surface area contributed by atoms with E-state index < -0.39 is 8.32 Å². The molecule has 0 saturated heterocycles. The SMILES string of the molecule is COC(=O)CC[C@@H](CO[Si](C)(C)C(C)(C)C)NC(=O)c1ccc(-c2cc3ccccc3o2)cc1. The number of esters is 1. The lowest BCUT2D eigenvalue weighted by molar-refractivity contribution is -0.140. The fourth-order valence-electron chi connectivity index (χ4n) is 3.30. The Kier molecular flexibility index (Phi) is 7.99.